The predicted octanol–water partition coefficient (Wildman–Crippen LogP) is 4.34. The number of hydrogen-bond acceptors (Lipinski definition) is 4. The van der Waals surface area contributed by atoms with Crippen LogP contribution in [0.15, 0.2) is 11.1 Å². The Morgan fingerprint density at radius 1 is 1.27 bits per heavy atom. The topological polar surface area (TPSA) is 47.9 Å². The molecule has 1 aromatic carbocycles. The zero-order chi connectivity index (χ0) is 15.7. The van der Waals surface area contributed by atoms with Crippen LogP contribution in [0, 0.1) is 0 Å². The number of nitrogens with zero attached hydrogens (tertiary/aromatic N) is 1. The van der Waals surface area contributed by atoms with E-state index in [2.05, 4.69) is 18.8 Å². The van der Waals surface area contributed by atoms with E-state index in [0.717, 1.165) is 42.6 Å². The monoisotopic (exact) mass is 321 g/mol. The summed E-state index contributed by atoms with van der Waals surface area (Å²) in [6, 6.07) is 1.80. The molecule has 0 N–H and O–H groups in total. The molecule has 3 rings (SSSR count). The van der Waals surface area contributed by atoms with Gasteiger partial charge in [-0.2, -0.15) is 4.99 Å². The second-order valence-corrected chi connectivity index (χ2v) is 6.67. The first-order valence-corrected chi connectivity index (χ1v) is 8.18. The molecule has 0 unspecified atom stereocenters. The zero-order valence-electron chi connectivity index (χ0n) is 12.9. The molecule has 1 heterocycles. The summed E-state index contributed by atoms with van der Waals surface area (Å²) in [7, 11) is 0. The summed E-state index contributed by atoms with van der Waals surface area (Å²) in [5.74, 6) is 1.64. The fourth-order valence-electron chi connectivity index (χ4n) is 3.67. The molecule has 5 heteroatoms. The van der Waals surface area contributed by atoms with Crippen molar-refractivity contribution in [2.45, 2.75) is 51.0 Å². The second kappa shape index (κ2) is 5.94. The van der Waals surface area contributed by atoms with E-state index in [9.17, 15) is 4.79 Å². The molecule has 0 bridgehead atoms. The van der Waals surface area contributed by atoms with E-state index in [1.165, 1.54) is 0 Å². The Kier molecular flexibility index (Phi) is 4.16. The van der Waals surface area contributed by atoms with Gasteiger partial charge < -0.3 is 9.47 Å². The van der Waals surface area contributed by atoms with Crippen molar-refractivity contribution < 1.29 is 14.3 Å². The quantitative estimate of drug-likeness (QED) is 0.614. The number of hydrogen-bond donors (Lipinski definition) is 0. The Hall–Kier alpha value is -1.51. The van der Waals surface area contributed by atoms with E-state index >= 15 is 0 Å². The van der Waals surface area contributed by atoms with Gasteiger partial charge in [0.2, 0.25) is 6.08 Å². The molecule has 22 heavy (non-hydrogen) atoms. The van der Waals surface area contributed by atoms with Gasteiger partial charge in [-0.05, 0) is 18.8 Å². The number of rotatable bonds is 3. The number of aliphatic imine (C=N–C) groups is 1. The lowest BCUT2D eigenvalue weighted by molar-refractivity contribution is 0.168. The average molecular weight is 322 g/mol. The van der Waals surface area contributed by atoms with Gasteiger partial charge in [-0.1, -0.05) is 38.3 Å². The van der Waals surface area contributed by atoms with Crippen molar-refractivity contribution in [1.29, 1.82) is 0 Å². The summed E-state index contributed by atoms with van der Waals surface area (Å²) in [6.45, 7) is 5.25. The molecule has 4 nitrogen and oxygen atoms in total. The highest BCUT2D eigenvalue weighted by Crippen LogP contribution is 2.52. The highest BCUT2D eigenvalue weighted by atomic mass is 35.5. The fourth-order valence-corrected chi connectivity index (χ4v) is 4.04. The lowest BCUT2D eigenvalue weighted by Crippen LogP contribution is -2.25. The first-order valence-electron chi connectivity index (χ1n) is 7.80. The fraction of sp³-hybridized carbons (Fsp3) is 0.588. The van der Waals surface area contributed by atoms with Crippen LogP contribution >= 0.6 is 11.6 Å². The molecule has 1 aliphatic heterocycles. The van der Waals surface area contributed by atoms with Crippen LogP contribution in [0.1, 0.15) is 56.6 Å². The van der Waals surface area contributed by atoms with E-state index < -0.39 is 5.54 Å². The standard InChI is InChI=1S/C17H20ClNO3/c1-11(2)14-15(17(19-10-20)5-3-4-6-17)12(18)9-13-16(14)22-8-7-21-13/h9,11H,3-8H2,1-2H3. The molecular weight excluding hydrogens is 302 g/mol. The molecule has 0 spiro atoms. The largest absolute Gasteiger partial charge is 0.486 e. The van der Waals surface area contributed by atoms with Crippen molar-refractivity contribution >= 4 is 17.7 Å². The van der Waals surface area contributed by atoms with Gasteiger partial charge in [0, 0.05) is 17.2 Å². The maximum atomic E-state index is 11.0. The Morgan fingerprint density at radius 3 is 2.59 bits per heavy atom. The van der Waals surface area contributed by atoms with E-state index in [4.69, 9.17) is 21.1 Å². The normalized spacial score (nSPS) is 19.1. The van der Waals surface area contributed by atoms with Gasteiger partial charge in [-0.3, -0.25) is 0 Å². The summed E-state index contributed by atoms with van der Waals surface area (Å²) in [5, 5.41) is 0.605. The van der Waals surface area contributed by atoms with E-state index in [-0.39, 0.29) is 5.92 Å². The van der Waals surface area contributed by atoms with Gasteiger partial charge in [-0.15, -0.1) is 0 Å². The van der Waals surface area contributed by atoms with Crippen molar-refractivity contribution in [3.63, 3.8) is 0 Å². The van der Waals surface area contributed by atoms with Gasteiger partial charge in [-0.25, -0.2) is 4.79 Å². The summed E-state index contributed by atoms with van der Waals surface area (Å²) in [4.78, 5) is 15.2. The van der Waals surface area contributed by atoms with Crippen LogP contribution in [0.3, 0.4) is 0 Å². The van der Waals surface area contributed by atoms with Crippen LogP contribution in [-0.2, 0) is 10.3 Å². The Morgan fingerprint density at radius 2 is 1.95 bits per heavy atom. The van der Waals surface area contributed by atoms with Crippen molar-refractivity contribution in [2.24, 2.45) is 4.99 Å². The third-order valence-electron chi connectivity index (χ3n) is 4.55. The molecule has 0 atom stereocenters. The molecule has 1 aromatic rings. The summed E-state index contributed by atoms with van der Waals surface area (Å²) >= 11 is 6.59. The molecule has 118 valence electrons. The Labute approximate surface area is 135 Å². The number of isocyanates is 1. The first kappa shape index (κ1) is 15.4. The summed E-state index contributed by atoms with van der Waals surface area (Å²) < 4.78 is 11.6. The van der Waals surface area contributed by atoms with Crippen LogP contribution in [-0.4, -0.2) is 19.3 Å². The third kappa shape index (κ3) is 2.41. The zero-order valence-corrected chi connectivity index (χ0v) is 13.7. The second-order valence-electron chi connectivity index (χ2n) is 6.27. The smallest absolute Gasteiger partial charge is 0.235 e. The molecule has 1 saturated carbocycles. The number of ether oxygens (including phenoxy) is 2. The Bertz CT molecular complexity index is 629. The van der Waals surface area contributed by atoms with E-state index in [0.29, 0.717) is 24.0 Å². The number of fused-ring (bicyclic) bond motifs is 1. The molecule has 0 saturated heterocycles. The van der Waals surface area contributed by atoms with Crippen LogP contribution in [0.25, 0.3) is 0 Å². The van der Waals surface area contributed by atoms with E-state index in [1.54, 1.807) is 12.1 Å². The number of carbonyl (C=O) groups excluding carboxylic acids is 1. The van der Waals surface area contributed by atoms with Crippen LogP contribution in [0.4, 0.5) is 0 Å². The highest BCUT2D eigenvalue weighted by molar-refractivity contribution is 6.32. The molecule has 0 aromatic heterocycles. The van der Waals surface area contributed by atoms with Gasteiger partial charge in [0.1, 0.15) is 18.8 Å². The van der Waals surface area contributed by atoms with Crippen molar-refractivity contribution in [3.8, 4) is 11.5 Å². The minimum Gasteiger partial charge on any atom is -0.486 e. The summed E-state index contributed by atoms with van der Waals surface area (Å²) in [6.07, 6.45) is 5.48. The van der Waals surface area contributed by atoms with E-state index in [1.807, 2.05) is 0 Å². The molecule has 0 radical (unpaired) electrons. The molecule has 1 fully saturated rings. The SMILES string of the molecule is CC(C)c1c2c(cc(Cl)c1C1(N=C=O)CCCC1)OCCO2. The van der Waals surface area contributed by atoms with Crippen LogP contribution in [0.2, 0.25) is 5.02 Å². The maximum Gasteiger partial charge on any atom is 0.235 e. The van der Waals surface area contributed by atoms with Gasteiger partial charge in [0.05, 0.1) is 5.02 Å². The molecular formula is C17H20ClNO3. The third-order valence-corrected chi connectivity index (χ3v) is 4.85. The Balaban J connectivity index is 2.28. The van der Waals surface area contributed by atoms with Crippen molar-refractivity contribution in [1.82, 2.24) is 0 Å². The van der Waals surface area contributed by atoms with Gasteiger partial charge >= 0.3 is 0 Å². The molecule has 2 aliphatic rings. The van der Waals surface area contributed by atoms with Gasteiger partial charge in [0.25, 0.3) is 0 Å². The highest BCUT2D eigenvalue weighted by Gasteiger charge is 2.41. The van der Waals surface area contributed by atoms with Crippen molar-refractivity contribution in [3.05, 3.63) is 22.2 Å². The predicted molar refractivity (Wildman–Crippen MR) is 84.8 cm³/mol. The minimum absolute atomic E-state index is 0.198. The first-order chi connectivity index (χ1) is 10.6. The minimum atomic E-state index is -0.561. The summed E-state index contributed by atoms with van der Waals surface area (Å²) in [5.41, 5.74) is 1.38. The number of benzene rings is 1. The van der Waals surface area contributed by atoms with Gasteiger partial charge in [0.15, 0.2) is 11.5 Å². The molecule has 1 aliphatic carbocycles. The van der Waals surface area contributed by atoms with Crippen molar-refractivity contribution in [2.75, 3.05) is 13.2 Å². The average Bonchev–Trinajstić information content (AvgIpc) is 2.95. The lowest BCUT2D eigenvalue weighted by atomic mass is 9.81. The molecule has 0 amide bonds. The number of halogens is 1. The van der Waals surface area contributed by atoms with Crippen LogP contribution in [0.5, 0.6) is 11.5 Å². The van der Waals surface area contributed by atoms with Crippen LogP contribution < -0.4 is 9.47 Å². The maximum absolute atomic E-state index is 11.0. The lowest BCUT2D eigenvalue weighted by Gasteiger charge is -2.32.